The molecule has 3 aromatic carbocycles. The van der Waals surface area contributed by atoms with E-state index in [2.05, 4.69) is 5.32 Å². The summed E-state index contributed by atoms with van der Waals surface area (Å²) in [5.41, 5.74) is 3.07. The summed E-state index contributed by atoms with van der Waals surface area (Å²) in [4.78, 5) is 47.3. The molecule has 0 atom stereocenters. The zero-order valence-electron chi connectivity index (χ0n) is 19.7. The summed E-state index contributed by atoms with van der Waals surface area (Å²) in [5.74, 6) is -0.815. The number of hydrogen-bond donors (Lipinski definition) is 1. The molecule has 0 aliphatic carbocycles. The van der Waals surface area contributed by atoms with Crippen LogP contribution in [0.25, 0.3) is 0 Å². The molecule has 0 aromatic heterocycles. The van der Waals surface area contributed by atoms with Crippen molar-refractivity contribution < 1.29 is 28.7 Å². The molecule has 0 saturated heterocycles. The Labute approximate surface area is 204 Å². The standard InChI is InChI=1S/C28H27NO6/c1-19(30)34-26-17-12-22(18-27(26)35-20(2)31)11-16-25(32)15-10-21-8-13-24(14-9-21)29-28(33)23-6-4-3-5-7-23/h3-9,12-14,17-18H,10-11,15-16H2,1-2H3,(H,29,33). The lowest BCUT2D eigenvalue weighted by Crippen LogP contribution is -2.11. The van der Waals surface area contributed by atoms with E-state index in [-0.39, 0.29) is 23.2 Å². The van der Waals surface area contributed by atoms with Crippen LogP contribution in [0.1, 0.15) is 48.2 Å². The molecule has 0 spiro atoms. The fourth-order valence-corrected chi connectivity index (χ4v) is 3.42. The van der Waals surface area contributed by atoms with Crippen molar-refractivity contribution in [1.29, 1.82) is 0 Å². The van der Waals surface area contributed by atoms with Crippen LogP contribution in [0.3, 0.4) is 0 Å². The smallest absolute Gasteiger partial charge is 0.308 e. The van der Waals surface area contributed by atoms with Crippen LogP contribution in [0.4, 0.5) is 5.69 Å². The normalized spacial score (nSPS) is 10.3. The molecule has 0 aliphatic heterocycles. The van der Waals surface area contributed by atoms with Crippen LogP contribution in [-0.2, 0) is 27.2 Å². The number of ketones is 1. The van der Waals surface area contributed by atoms with E-state index in [1.807, 2.05) is 42.5 Å². The number of nitrogens with one attached hydrogen (secondary N) is 1. The highest BCUT2D eigenvalue weighted by atomic mass is 16.6. The average molecular weight is 474 g/mol. The van der Waals surface area contributed by atoms with Crippen molar-refractivity contribution >= 4 is 29.3 Å². The minimum Gasteiger partial charge on any atom is -0.423 e. The summed E-state index contributed by atoms with van der Waals surface area (Å²) in [6.45, 7) is 2.52. The van der Waals surface area contributed by atoms with Crippen molar-refractivity contribution in [3.63, 3.8) is 0 Å². The highest BCUT2D eigenvalue weighted by Gasteiger charge is 2.12. The number of hydrogen-bond acceptors (Lipinski definition) is 6. The van der Waals surface area contributed by atoms with Crippen LogP contribution in [0.15, 0.2) is 72.8 Å². The van der Waals surface area contributed by atoms with E-state index in [0.717, 1.165) is 11.1 Å². The molecule has 0 heterocycles. The third kappa shape index (κ3) is 8.23. The second-order valence-electron chi connectivity index (χ2n) is 8.02. The van der Waals surface area contributed by atoms with Gasteiger partial charge in [0.05, 0.1) is 0 Å². The van der Waals surface area contributed by atoms with E-state index in [1.165, 1.54) is 13.8 Å². The third-order valence-corrected chi connectivity index (χ3v) is 5.15. The second-order valence-corrected chi connectivity index (χ2v) is 8.02. The molecule has 0 unspecified atom stereocenters. The summed E-state index contributed by atoms with van der Waals surface area (Å²) < 4.78 is 10.2. The van der Waals surface area contributed by atoms with Crippen LogP contribution < -0.4 is 14.8 Å². The molecule has 0 radical (unpaired) electrons. The van der Waals surface area contributed by atoms with Gasteiger partial charge in [-0.15, -0.1) is 0 Å². The zero-order chi connectivity index (χ0) is 25.2. The Morgan fingerprint density at radius 2 is 1.26 bits per heavy atom. The molecule has 1 N–H and O–H groups in total. The van der Waals surface area contributed by atoms with Gasteiger partial charge in [0, 0.05) is 37.9 Å². The molecule has 35 heavy (non-hydrogen) atoms. The van der Waals surface area contributed by atoms with Gasteiger partial charge >= 0.3 is 11.9 Å². The summed E-state index contributed by atoms with van der Waals surface area (Å²) in [5, 5.41) is 2.85. The molecule has 0 fully saturated rings. The van der Waals surface area contributed by atoms with Crippen molar-refractivity contribution in [2.24, 2.45) is 0 Å². The van der Waals surface area contributed by atoms with Crippen molar-refractivity contribution in [3.05, 3.63) is 89.5 Å². The molecule has 3 aromatic rings. The average Bonchev–Trinajstić information content (AvgIpc) is 2.83. The second kappa shape index (κ2) is 12.3. The number of carbonyl (C=O) groups is 4. The van der Waals surface area contributed by atoms with Crippen LogP contribution in [0.5, 0.6) is 11.5 Å². The SMILES string of the molecule is CC(=O)Oc1ccc(CCC(=O)CCc2ccc(NC(=O)c3ccccc3)cc2)cc1OC(C)=O. The van der Waals surface area contributed by atoms with Gasteiger partial charge < -0.3 is 14.8 Å². The van der Waals surface area contributed by atoms with E-state index in [0.29, 0.717) is 36.9 Å². The first-order valence-corrected chi connectivity index (χ1v) is 11.3. The maximum absolute atomic E-state index is 12.4. The molecule has 7 heteroatoms. The summed E-state index contributed by atoms with van der Waals surface area (Å²) in [6.07, 6.45) is 1.78. The first-order valence-electron chi connectivity index (χ1n) is 11.3. The van der Waals surface area contributed by atoms with Crippen LogP contribution in [-0.4, -0.2) is 23.6 Å². The maximum atomic E-state index is 12.4. The number of ether oxygens (including phenoxy) is 2. The highest BCUT2D eigenvalue weighted by molar-refractivity contribution is 6.04. The molecule has 0 aliphatic rings. The molecular weight excluding hydrogens is 446 g/mol. The molecule has 0 bridgehead atoms. The summed E-state index contributed by atoms with van der Waals surface area (Å²) >= 11 is 0. The number of benzene rings is 3. The number of Topliss-reactive ketones (excluding diaryl/α,β-unsaturated/α-hetero) is 1. The molecule has 0 saturated carbocycles. The fourth-order valence-electron chi connectivity index (χ4n) is 3.42. The Kier molecular flexibility index (Phi) is 8.89. The minimum absolute atomic E-state index is 0.101. The Bertz CT molecular complexity index is 1200. The number of amides is 1. The highest BCUT2D eigenvalue weighted by Crippen LogP contribution is 2.29. The maximum Gasteiger partial charge on any atom is 0.308 e. The Morgan fingerprint density at radius 1 is 0.686 bits per heavy atom. The number of esters is 2. The molecule has 180 valence electrons. The number of anilines is 1. The monoisotopic (exact) mass is 473 g/mol. The predicted octanol–water partition coefficient (Wildman–Crippen LogP) is 4.92. The Hall–Kier alpha value is -4.26. The van der Waals surface area contributed by atoms with E-state index in [1.54, 1.807) is 30.3 Å². The van der Waals surface area contributed by atoms with Crippen LogP contribution >= 0.6 is 0 Å². The molecule has 1 amide bonds. The first-order chi connectivity index (χ1) is 16.8. The third-order valence-electron chi connectivity index (χ3n) is 5.15. The van der Waals surface area contributed by atoms with Crippen molar-refractivity contribution in [3.8, 4) is 11.5 Å². The Balaban J connectivity index is 1.49. The lowest BCUT2D eigenvalue weighted by Gasteiger charge is -2.10. The van der Waals surface area contributed by atoms with Gasteiger partial charge in [-0.2, -0.15) is 0 Å². The topological polar surface area (TPSA) is 98.8 Å². The molecule has 3 rings (SSSR count). The van der Waals surface area contributed by atoms with Crippen molar-refractivity contribution in [2.45, 2.75) is 39.5 Å². The van der Waals surface area contributed by atoms with E-state index in [9.17, 15) is 19.2 Å². The molecular formula is C28H27NO6. The van der Waals surface area contributed by atoms with Gasteiger partial charge in [0.15, 0.2) is 11.5 Å². The quantitative estimate of drug-likeness (QED) is 0.331. The van der Waals surface area contributed by atoms with Gasteiger partial charge in [0.2, 0.25) is 0 Å². The van der Waals surface area contributed by atoms with Crippen molar-refractivity contribution in [1.82, 2.24) is 0 Å². The molecule has 7 nitrogen and oxygen atoms in total. The van der Waals surface area contributed by atoms with Crippen LogP contribution in [0.2, 0.25) is 0 Å². The zero-order valence-corrected chi connectivity index (χ0v) is 19.7. The largest absolute Gasteiger partial charge is 0.423 e. The Morgan fingerprint density at radius 3 is 1.89 bits per heavy atom. The van der Waals surface area contributed by atoms with Gasteiger partial charge in [-0.3, -0.25) is 19.2 Å². The first kappa shape index (κ1) is 25.4. The van der Waals surface area contributed by atoms with E-state index < -0.39 is 11.9 Å². The van der Waals surface area contributed by atoms with Gasteiger partial charge in [0.25, 0.3) is 5.91 Å². The summed E-state index contributed by atoms with van der Waals surface area (Å²) in [6, 6.07) is 21.3. The predicted molar refractivity (Wildman–Crippen MR) is 132 cm³/mol. The van der Waals surface area contributed by atoms with Crippen LogP contribution in [0, 0.1) is 0 Å². The van der Waals surface area contributed by atoms with Gasteiger partial charge in [-0.05, 0) is 60.4 Å². The number of rotatable bonds is 10. The van der Waals surface area contributed by atoms with Crippen molar-refractivity contribution in [2.75, 3.05) is 5.32 Å². The number of aryl methyl sites for hydroxylation is 2. The summed E-state index contributed by atoms with van der Waals surface area (Å²) in [7, 11) is 0. The van der Waals surface area contributed by atoms with E-state index >= 15 is 0 Å². The minimum atomic E-state index is -0.530. The van der Waals surface area contributed by atoms with E-state index in [4.69, 9.17) is 9.47 Å². The fraction of sp³-hybridized carbons (Fsp3) is 0.214. The lowest BCUT2D eigenvalue weighted by molar-refractivity contribution is -0.134. The lowest BCUT2D eigenvalue weighted by atomic mass is 10.0. The van der Waals surface area contributed by atoms with Gasteiger partial charge in [-0.25, -0.2) is 0 Å². The number of carbonyl (C=O) groups excluding carboxylic acids is 4. The van der Waals surface area contributed by atoms with Gasteiger partial charge in [-0.1, -0.05) is 36.4 Å². The van der Waals surface area contributed by atoms with Gasteiger partial charge in [0.1, 0.15) is 5.78 Å².